The Labute approximate surface area is 149 Å². The summed E-state index contributed by atoms with van der Waals surface area (Å²) >= 11 is 0. The molecule has 3 unspecified atom stereocenters. The average Bonchev–Trinajstić information content (AvgIpc) is 3.39. The van der Waals surface area contributed by atoms with E-state index in [9.17, 15) is 4.79 Å². The van der Waals surface area contributed by atoms with Crippen LogP contribution in [0.3, 0.4) is 0 Å². The van der Waals surface area contributed by atoms with Gasteiger partial charge in [-0.15, -0.1) is 0 Å². The fourth-order valence-corrected chi connectivity index (χ4v) is 4.51. The molecule has 1 N–H and O–H groups in total. The van der Waals surface area contributed by atoms with Crippen LogP contribution >= 0.6 is 0 Å². The van der Waals surface area contributed by atoms with E-state index in [-0.39, 0.29) is 18.1 Å². The minimum Gasteiger partial charge on any atom is -0.380 e. The highest BCUT2D eigenvalue weighted by Gasteiger charge is 2.43. The van der Waals surface area contributed by atoms with Gasteiger partial charge in [-0.2, -0.15) is 0 Å². The lowest BCUT2D eigenvalue weighted by Gasteiger charge is -2.37. The smallest absolute Gasteiger partial charge is 0.270 e. The zero-order valence-corrected chi connectivity index (χ0v) is 14.9. The van der Waals surface area contributed by atoms with Crippen molar-refractivity contribution in [2.24, 2.45) is 5.92 Å². The van der Waals surface area contributed by atoms with Gasteiger partial charge < -0.3 is 24.3 Å². The summed E-state index contributed by atoms with van der Waals surface area (Å²) in [5.74, 6) is 0.588. The lowest BCUT2D eigenvalue weighted by atomic mass is 10.1. The van der Waals surface area contributed by atoms with Crippen molar-refractivity contribution in [2.45, 2.75) is 37.8 Å². The molecule has 3 fully saturated rings. The lowest BCUT2D eigenvalue weighted by Crippen LogP contribution is -2.51. The van der Waals surface area contributed by atoms with Gasteiger partial charge >= 0.3 is 0 Å². The number of nitrogens with zero attached hydrogens (tertiary/aromatic N) is 2. The van der Waals surface area contributed by atoms with Crippen LogP contribution in [0.15, 0.2) is 18.3 Å². The van der Waals surface area contributed by atoms with E-state index < -0.39 is 0 Å². The molecule has 0 spiro atoms. The third-order valence-corrected chi connectivity index (χ3v) is 5.83. The number of aromatic nitrogens is 1. The Morgan fingerprint density at radius 3 is 2.96 bits per heavy atom. The average molecular weight is 347 g/mol. The number of morpholine rings is 1. The van der Waals surface area contributed by atoms with Gasteiger partial charge in [-0.1, -0.05) is 0 Å². The second kappa shape index (κ2) is 7.89. The monoisotopic (exact) mass is 347 g/mol. The van der Waals surface area contributed by atoms with Crippen LogP contribution in [-0.2, 0) is 9.47 Å². The topological polar surface area (TPSA) is 57.8 Å². The molecular formula is C19H29N3O3. The van der Waals surface area contributed by atoms with Crippen LogP contribution in [0.25, 0.3) is 0 Å². The van der Waals surface area contributed by atoms with Gasteiger partial charge in [0.05, 0.1) is 25.4 Å². The van der Waals surface area contributed by atoms with E-state index in [0.29, 0.717) is 24.8 Å². The Morgan fingerprint density at radius 1 is 1.28 bits per heavy atom. The molecule has 4 rings (SSSR count). The van der Waals surface area contributed by atoms with Crippen LogP contribution in [0.1, 0.15) is 36.2 Å². The zero-order chi connectivity index (χ0) is 17.1. The van der Waals surface area contributed by atoms with E-state index in [4.69, 9.17) is 9.47 Å². The number of hydrogen-bond acceptors (Lipinski definition) is 4. The first-order chi connectivity index (χ1) is 12.3. The van der Waals surface area contributed by atoms with Gasteiger partial charge in [0, 0.05) is 25.9 Å². The van der Waals surface area contributed by atoms with Crippen molar-refractivity contribution >= 4 is 5.91 Å². The molecule has 138 valence electrons. The second-order valence-corrected chi connectivity index (χ2v) is 7.52. The highest BCUT2D eigenvalue weighted by molar-refractivity contribution is 5.92. The number of H-pyrrole nitrogens is 1. The summed E-state index contributed by atoms with van der Waals surface area (Å²) in [6.45, 7) is 6.42. The fourth-order valence-electron chi connectivity index (χ4n) is 4.51. The normalized spacial score (nSPS) is 29.9. The molecule has 2 saturated heterocycles. The van der Waals surface area contributed by atoms with Crippen molar-refractivity contribution in [1.29, 1.82) is 0 Å². The molecule has 6 nitrogen and oxygen atoms in total. The molecule has 0 radical (unpaired) electrons. The molecule has 0 bridgehead atoms. The largest absolute Gasteiger partial charge is 0.380 e. The van der Waals surface area contributed by atoms with Gasteiger partial charge in [-0.3, -0.25) is 4.79 Å². The van der Waals surface area contributed by atoms with Crippen LogP contribution in [0.2, 0.25) is 0 Å². The van der Waals surface area contributed by atoms with E-state index in [2.05, 4.69) is 9.88 Å². The van der Waals surface area contributed by atoms with Gasteiger partial charge in [0.1, 0.15) is 5.69 Å². The van der Waals surface area contributed by atoms with Crippen molar-refractivity contribution in [3.8, 4) is 0 Å². The predicted molar refractivity (Wildman–Crippen MR) is 94.6 cm³/mol. The number of aromatic amines is 1. The number of carbonyl (C=O) groups is 1. The van der Waals surface area contributed by atoms with Crippen molar-refractivity contribution in [3.05, 3.63) is 24.0 Å². The molecule has 1 aliphatic carbocycles. The first kappa shape index (κ1) is 17.1. The Hall–Kier alpha value is -1.37. The summed E-state index contributed by atoms with van der Waals surface area (Å²) < 4.78 is 11.9. The van der Waals surface area contributed by atoms with Crippen LogP contribution < -0.4 is 0 Å². The number of likely N-dealkylation sites (tertiary alicyclic amines) is 1. The SMILES string of the molecule is O=C(c1ccc[nH]1)N1CCOC2CC(COCCN3CCCC3)CC21. The van der Waals surface area contributed by atoms with Gasteiger partial charge in [-0.25, -0.2) is 0 Å². The molecule has 1 saturated carbocycles. The Balaban J connectivity index is 1.26. The third-order valence-electron chi connectivity index (χ3n) is 5.83. The summed E-state index contributed by atoms with van der Waals surface area (Å²) in [4.78, 5) is 20.2. The molecule has 1 amide bonds. The molecule has 0 aromatic carbocycles. The molecule has 25 heavy (non-hydrogen) atoms. The summed E-state index contributed by atoms with van der Waals surface area (Å²) in [5, 5.41) is 0. The maximum absolute atomic E-state index is 12.7. The maximum Gasteiger partial charge on any atom is 0.270 e. The molecule has 6 heteroatoms. The minimum atomic E-state index is 0.0962. The molecule has 3 atom stereocenters. The number of amides is 1. The lowest BCUT2D eigenvalue weighted by molar-refractivity contribution is -0.0451. The number of nitrogens with one attached hydrogen (secondary N) is 1. The minimum absolute atomic E-state index is 0.0962. The van der Waals surface area contributed by atoms with E-state index in [1.165, 1.54) is 25.9 Å². The van der Waals surface area contributed by atoms with Gasteiger partial charge in [0.2, 0.25) is 0 Å². The highest BCUT2D eigenvalue weighted by Crippen LogP contribution is 2.35. The highest BCUT2D eigenvalue weighted by atomic mass is 16.5. The first-order valence-electron chi connectivity index (χ1n) is 9.67. The predicted octanol–water partition coefficient (Wildman–Crippen LogP) is 1.75. The molecule has 1 aromatic heterocycles. The van der Waals surface area contributed by atoms with Gasteiger partial charge in [0.25, 0.3) is 5.91 Å². The van der Waals surface area contributed by atoms with Crippen LogP contribution in [-0.4, -0.2) is 78.8 Å². The molecule has 3 aliphatic rings. The van der Waals surface area contributed by atoms with Crippen LogP contribution in [0.4, 0.5) is 0 Å². The summed E-state index contributed by atoms with van der Waals surface area (Å²) in [6.07, 6.45) is 6.61. The quantitative estimate of drug-likeness (QED) is 0.797. The van der Waals surface area contributed by atoms with Gasteiger partial charge in [0.15, 0.2) is 0 Å². The number of fused-ring (bicyclic) bond motifs is 1. The fraction of sp³-hybridized carbons (Fsp3) is 0.737. The number of rotatable bonds is 6. The van der Waals surface area contributed by atoms with Crippen LogP contribution in [0, 0.1) is 5.92 Å². The summed E-state index contributed by atoms with van der Waals surface area (Å²) in [6, 6.07) is 3.91. The van der Waals surface area contributed by atoms with Gasteiger partial charge in [-0.05, 0) is 56.8 Å². The van der Waals surface area contributed by atoms with Crippen molar-refractivity contribution in [1.82, 2.24) is 14.8 Å². The molecule has 3 heterocycles. The Morgan fingerprint density at radius 2 is 2.16 bits per heavy atom. The molecule has 2 aliphatic heterocycles. The standard InChI is InChI=1S/C19H29N3O3/c23-19(16-4-3-5-20-16)22-9-11-25-18-13-15(12-17(18)22)14-24-10-8-21-6-1-2-7-21/h3-5,15,17-18,20H,1-2,6-14H2. The van der Waals surface area contributed by atoms with E-state index >= 15 is 0 Å². The van der Waals surface area contributed by atoms with Crippen molar-refractivity contribution in [2.75, 3.05) is 46.0 Å². The van der Waals surface area contributed by atoms with Crippen molar-refractivity contribution in [3.63, 3.8) is 0 Å². The maximum atomic E-state index is 12.7. The first-order valence-corrected chi connectivity index (χ1v) is 9.67. The van der Waals surface area contributed by atoms with Crippen LogP contribution in [0.5, 0.6) is 0 Å². The van der Waals surface area contributed by atoms with E-state index in [1.54, 1.807) is 6.20 Å². The van der Waals surface area contributed by atoms with Crippen molar-refractivity contribution < 1.29 is 14.3 Å². The summed E-state index contributed by atoms with van der Waals surface area (Å²) in [5.41, 5.74) is 0.672. The Kier molecular flexibility index (Phi) is 5.39. The number of carbonyl (C=O) groups excluding carboxylic acids is 1. The number of ether oxygens (including phenoxy) is 2. The molecule has 1 aromatic rings. The second-order valence-electron chi connectivity index (χ2n) is 7.52. The number of hydrogen-bond donors (Lipinski definition) is 1. The Bertz CT molecular complexity index is 556. The summed E-state index contributed by atoms with van der Waals surface area (Å²) in [7, 11) is 0. The van der Waals surface area contributed by atoms with E-state index in [0.717, 1.165) is 32.6 Å². The zero-order valence-electron chi connectivity index (χ0n) is 14.9. The molecular weight excluding hydrogens is 318 g/mol. The third kappa shape index (κ3) is 3.91. The van der Waals surface area contributed by atoms with E-state index in [1.807, 2.05) is 17.0 Å².